The van der Waals surface area contributed by atoms with E-state index in [1.165, 1.54) is 13.0 Å². The Kier molecular flexibility index (Phi) is 7.35. The molecule has 11 heteroatoms. The minimum atomic E-state index is -4.85. The molecule has 0 radical (unpaired) electrons. The fourth-order valence-corrected chi connectivity index (χ4v) is 5.14. The van der Waals surface area contributed by atoms with Crippen LogP contribution in [0.2, 0.25) is 0 Å². The molecule has 0 saturated heterocycles. The Bertz CT molecular complexity index is 1560. The summed E-state index contributed by atoms with van der Waals surface area (Å²) in [5, 5.41) is 4.67. The van der Waals surface area contributed by atoms with Gasteiger partial charge in [0.1, 0.15) is 22.2 Å². The molecular formula is C26H24F2N4O4S. The van der Waals surface area contributed by atoms with Crippen molar-refractivity contribution in [1.82, 2.24) is 14.8 Å². The van der Waals surface area contributed by atoms with Gasteiger partial charge in [-0.2, -0.15) is 13.5 Å². The molecule has 0 bridgehead atoms. The van der Waals surface area contributed by atoms with Gasteiger partial charge in [-0.1, -0.05) is 23.5 Å². The van der Waals surface area contributed by atoms with Gasteiger partial charge in [0, 0.05) is 42.7 Å². The standard InChI is InChI=1S/C26H24F2N4O4S/c1-4-25(33)36-32(37(34,35)24-15-19(27)9-10-22(24)28)23-8-6-7-20(17(23)3)26-21(16-31(5-2)30-26)18-11-13-29-14-12-18/h6-16H,4-5H2,1-3H3. The highest BCUT2D eigenvalue weighted by Crippen LogP contribution is 2.38. The van der Waals surface area contributed by atoms with E-state index in [-0.39, 0.29) is 12.1 Å². The zero-order valence-corrected chi connectivity index (χ0v) is 21.2. The van der Waals surface area contributed by atoms with Crippen LogP contribution < -0.4 is 4.47 Å². The molecule has 4 rings (SSSR count). The molecule has 0 atom stereocenters. The Morgan fingerprint density at radius 1 is 1.05 bits per heavy atom. The summed E-state index contributed by atoms with van der Waals surface area (Å²) in [5.74, 6) is -3.02. The van der Waals surface area contributed by atoms with Crippen LogP contribution in [0.15, 0.2) is 72.0 Å². The first-order chi connectivity index (χ1) is 17.7. The van der Waals surface area contributed by atoms with Crippen molar-refractivity contribution in [3.63, 3.8) is 0 Å². The Labute approximate surface area is 213 Å². The summed E-state index contributed by atoms with van der Waals surface area (Å²) >= 11 is 0. The van der Waals surface area contributed by atoms with E-state index >= 15 is 0 Å². The molecule has 0 unspecified atom stereocenters. The molecule has 2 aromatic heterocycles. The van der Waals surface area contributed by atoms with Gasteiger partial charge < -0.3 is 4.84 Å². The number of anilines is 1. The molecule has 0 fully saturated rings. The Hall–Kier alpha value is -4.12. The van der Waals surface area contributed by atoms with Crippen LogP contribution in [0.25, 0.3) is 22.4 Å². The molecule has 2 heterocycles. The molecule has 0 aliphatic rings. The van der Waals surface area contributed by atoms with E-state index < -0.39 is 32.5 Å². The molecule has 2 aromatic carbocycles. The number of aryl methyl sites for hydroxylation is 1. The maximum absolute atomic E-state index is 14.6. The first kappa shape index (κ1) is 26.0. The first-order valence-electron chi connectivity index (χ1n) is 11.5. The monoisotopic (exact) mass is 526 g/mol. The molecular weight excluding hydrogens is 502 g/mol. The quantitative estimate of drug-likeness (QED) is 0.290. The fourth-order valence-electron chi connectivity index (χ4n) is 3.75. The van der Waals surface area contributed by atoms with Gasteiger partial charge in [-0.05, 0) is 61.4 Å². The van der Waals surface area contributed by atoms with Crippen molar-refractivity contribution in [2.75, 3.05) is 4.47 Å². The average molecular weight is 527 g/mol. The highest BCUT2D eigenvalue weighted by molar-refractivity contribution is 7.92. The molecule has 8 nitrogen and oxygen atoms in total. The maximum Gasteiger partial charge on any atom is 0.333 e. The zero-order valence-electron chi connectivity index (χ0n) is 20.4. The molecule has 0 N–H and O–H groups in total. The molecule has 0 amide bonds. The van der Waals surface area contributed by atoms with Crippen LogP contribution in [0.4, 0.5) is 14.5 Å². The van der Waals surface area contributed by atoms with Crippen molar-refractivity contribution in [2.45, 2.75) is 38.6 Å². The normalized spacial score (nSPS) is 11.4. The lowest BCUT2D eigenvalue weighted by Crippen LogP contribution is -2.34. The summed E-state index contributed by atoms with van der Waals surface area (Å²) < 4.78 is 57.6. The van der Waals surface area contributed by atoms with Crippen LogP contribution in [-0.2, 0) is 26.2 Å². The molecule has 192 valence electrons. The van der Waals surface area contributed by atoms with Crippen LogP contribution >= 0.6 is 0 Å². The summed E-state index contributed by atoms with van der Waals surface area (Å²) in [7, 11) is -4.85. The number of hydrogen-bond donors (Lipinski definition) is 0. The summed E-state index contributed by atoms with van der Waals surface area (Å²) in [6, 6.07) is 10.4. The van der Waals surface area contributed by atoms with E-state index in [1.54, 1.807) is 36.1 Å². The third kappa shape index (κ3) is 5.08. The van der Waals surface area contributed by atoms with Crippen molar-refractivity contribution in [1.29, 1.82) is 0 Å². The first-order valence-corrected chi connectivity index (χ1v) is 12.9. The summed E-state index contributed by atoms with van der Waals surface area (Å²) in [4.78, 5) is 20.5. The van der Waals surface area contributed by atoms with Crippen molar-refractivity contribution in [3.05, 3.63) is 84.3 Å². The number of carbonyl (C=O) groups is 1. The third-order valence-corrected chi connectivity index (χ3v) is 7.27. The topological polar surface area (TPSA) is 94.4 Å². The fraction of sp³-hybridized carbons (Fsp3) is 0.192. The van der Waals surface area contributed by atoms with Crippen LogP contribution in [-0.4, -0.2) is 29.2 Å². The van der Waals surface area contributed by atoms with E-state index in [9.17, 15) is 22.0 Å². The van der Waals surface area contributed by atoms with Gasteiger partial charge >= 0.3 is 5.97 Å². The van der Waals surface area contributed by atoms with Gasteiger partial charge in [0.25, 0.3) is 10.0 Å². The maximum atomic E-state index is 14.6. The van der Waals surface area contributed by atoms with Crippen molar-refractivity contribution < 1.29 is 26.8 Å². The Morgan fingerprint density at radius 3 is 2.46 bits per heavy atom. The second-order valence-corrected chi connectivity index (χ2v) is 9.78. The van der Waals surface area contributed by atoms with Gasteiger partial charge in [-0.3, -0.25) is 9.67 Å². The molecule has 0 aliphatic heterocycles. The lowest BCUT2D eigenvalue weighted by Gasteiger charge is -2.25. The van der Waals surface area contributed by atoms with E-state index in [2.05, 4.69) is 10.1 Å². The number of hydrogen-bond acceptors (Lipinski definition) is 6. The van der Waals surface area contributed by atoms with Crippen LogP contribution in [0, 0.1) is 18.6 Å². The minimum Gasteiger partial charge on any atom is -0.326 e. The number of aromatic nitrogens is 3. The van der Waals surface area contributed by atoms with Crippen LogP contribution in [0.1, 0.15) is 25.8 Å². The summed E-state index contributed by atoms with van der Waals surface area (Å²) in [6.45, 7) is 5.64. The van der Waals surface area contributed by atoms with E-state index in [0.29, 0.717) is 40.0 Å². The minimum absolute atomic E-state index is 0.0466. The number of carbonyl (C=O) groups excluding carboxylic acids is 1. The van der Waals surface area contributed by atoms with Gasteiger partial charge in [-0.25, -0.2) is 13.6 Å². The number of nitrogens with zero attached hydrogens (tertiary/aromatic N) is 4. The highest BCUT2D eigenvalue weighted by atomic mass is 32.2. The SMILES string of the molecule is CCC(=O)ON(c1cccc(-c2nn(CC)cc2-c2ccncc2)c1C)S(=O)(=O)c1cc(F)ccc1F. The molecule has 37 heavy (non-hydrogen) atoms. The second kappa shape index (κ2) is 10.5. The van der Waals surface area contributed by atoms with Gasteiger partial charge in [0.05, 0.1) is 5.69 Å². The number of pyridine rings is 1. The van der Waals surface area contributed by atoms with Crippen LogP contribution in [0.5, 0.6) is 0 Å². The van der Waals surface area contributed by atoms with Gasteiger partial charge in [0.15, 0.2) is 0 Å². The number of halogens is 2. The lowest BCUT2D eigenvalue weighted by molar-refractivity contribution is -0.142. The smallest absolute Gasteiger partial charge is 0.326 e. The molecule has 0 aliphatic carbocycles. The van der Waals surface area contributed by atoms with Gasteiger partial charge in [0.2, 0.25) is 0 Å². The second-order valence-electron chi connectivity index (χ2n) is 8.06. The Morgan fingerprint density at radius 2 is 1.78 bits per heavy atom. The average Bonchev–Trinajstić information content (AvgIpc) is 3.33. The van der Waals surface area contributed by atoms with E-state index in [4.69, 9.17) is 4.84 Å². The lowest BCUT2D eigenvalue weighted by atomic mass is 9.98. The predicted octanol–water partition coefficient (Wildman–Crippen LogP) is 5.28. The van der Waals surface area contributed by atoms with E-state index in [0.717, 1.165) is 17.2 Å². The third-order valence-electron chi connectivity index (χ3n) is 5.70. The van der Waals surface area contributed by atoms with Crippen LogP contribution in [0.3, 0.4) is 0 Å². The van der Waals surface area contributed by atoms with Crippen molar-refractivity contribution in [2.24, 2.45) is 0 Å². The Balaban J connectivity index is 1.92. The molecule has 4 aromatic rings. The van der Waals surface area contributed by atoms with E-state index in [1.807, 2.05) is 25.3 Å². The van der Waals surface area contributed by atoms with Crippen molar-refractivity contribution in [3.8, 4) is 22.4 Å². The largest absolute Gasteiger partial charge is 0.333 e. The molecule has 0 spiro atoms. The number of rotatable bonds is 8. The molecule has 0 saturated carbocycles. The van der Waals surface area contributed by atoms with Gasteiger partial charge in [-0.15, -0.1) is 0 Å². The summed E-state index contributed by atoms with van der Waals surface area (Å²) in [5.41, 5.74) is 3.09. The predicted molar refractivity (Wildman–Crippen MR) is 134 cm³/mol. The van der Waals surface area contributed by atoms with Crippen molar-refractivity contribution >= 4 is 21.7 Å². The summed E-state index contributed by atoms with van der Waals surface area (Å²) in [6.07, 6.45) is 5.02. The zero-order chi connectivity index (χ0) is 26.7. The number of sulfonamides is 1. The highest BCUT2D eigenvalue weighted by Gasteiger charge is 2.34. The number of benzene rings is 2.